The first-order valence-corrected chi connectivity index (χ1v) is 10.0. The molecule has 0 spiro atoms. The van der Waals surface area contributed by atoms with Gasteiger partial charge in [0.25, 0.3) is 5.91 Å². The molecule has 4 nitrogen and oxygen atoms in total. The van der Waals surface area contributed by atoms with Crippen LogP contribution in [0.5, 0.6) is 5.75 Å². The fraction of sp³-hybridized carbons (Fsp3) is 0.125. The molecule has 3 aromatic carbocycles. The highest BCUT2D eigenvalue weighted by Crippen LogP contribution is 2.36. The number of carbonyl (C=O) groups is 1. The molecule has 0 saturated carbocycles. The molecule has 29 heavy (non-hydrogen) atoms. The van der Waals surface area contributed by atoms with Crippen LogP contribution in [0, 0.1) is 0 Å². The van der Waals surface area contributed by atoms with Gasteiger partial charge in [-0.15, -0.1) is 6.58 Å². The van der Waals surface area contributed by atoms with Crippen LogP contribution in [0.15, 0.2) is 95.2 Å². The number of rotatable bonds is 8. The van der Waals surface area contributed by atoms with Gasteiger partial charge in [-0.2, -0.15) is 0 Å². The van der Waals surface area contributed by atoms with Crippen molar-refractivity contribution in [2.45, 2.75) is 22.1 Å². The number of benzene rings is 3. The van der Waals surface area contributed by atoms with Gasteiger partial charge in [-0.05, 0) is 53.4 Å². The van der Waals surface area contributed by atoms with Crippen LogP contribution in [0.4, 0.5) is 0 Å². The zero-order chi connectivity index (χ0) is 20.6. The van der Waals surface area contributed by atoms with Crippen molar-refractivity contribution in [1.29, 1.82) is 0 Å². The second kappa shape index (κ2) is 9.96. The van der Waals surface area contributed by atoms with Gasteiger partial charge >= 0.3 is 0 Å². The minimum atomic E-state index is -0.486. The maximum absolute atomic E-state index is 12.1. The Bertz CT molecular complexity index is 968. The van der Waals surface area contributed by atoms with Gasteiger partial charge in [-0.1, -0.05) is 60.3 Å². The minimum Gasteiger partial charge on any atom is -0.497 e. The molecule has 0 aliphatic rings. The zero-order valence-corrected chi connectivity index (χ0v) is 17.0. The molecule has 0 fully saturated rings. The van der Waals surface area contributed by atoms with Crippen LogP contribution in [0.2, 0.25) is 0 Å². The predicted octanol–water partition coefficient (Wildman–Crippen LogP) is 5.68. The molecular formula is C24H23NO3S. The smallest absolute Gasteiger partial charge is 0.251 e. The van der Waals surface area contributed by atoms with E-state index in [4.69, 9.17) is 9.94 Å². The average Bonchev–Trinajstić information content (AvgIpc) is 2.78. The number of amides is 1. The highest BCUT2D eigenvalue weighted by atomic mass is 32.2. The van der Waals surface area contributed by atoms with Gasteiger partial charge in [0.15, 0.2) is 0 Å². The number of nitrogens with one attached hydrogen (secondary N) is 1. The number of hydrogen-bond donors (Lipinski definition) is 2. The highest BCUT2D eigenvalue weighted by Gasteiger charge is 2.22. The van der Waals surface area contributed by atoms with E-state index in [2.05, 4.69) is 30.8 Å². The lowest BCUT2D eigenvalue weighted by Crippen LogP contribution is -2.26. The molecule has 148 valence electrons. The van der Waals surface area contributed by atoms with E-state index in [9.17, 15) is 4.79 Å². The van der Waals surface area contributed by atoms with E-state index in [1.807, 2.05) is 48.5 Å². The number of allylic oxidation sites excluding steroid dienone is 1. The molecular weight excluding hydrogens is 382 g/mol. The topological polar surface area (TPSA) is 58.6 Å². The van der Waals surface area contributed by atoms with Crippen LogP contribution < -0.4 is 10.2 Å². The summed E-state index contributed by atoms with van der Waals surface area (Å²) in [5.74, 6) is -0.0916. The normalized spacial score (nSPS) is 11.5. The van der Waals surface area contributed by atoms with E-state index >= 15 is 0 Å². The largest absolute Gasteiger partial charge is 0.497 e. The van der Waals surface area contributed by atoms with Crippen molar-refractivity contribution in [3.05, 3.63) is 91.0 Å². The van der Waals surface area contributed by atoms with Crippen LogP contribution >= 0.6 is 11.8 Å². The van der Waals surface area contributed by atoms with Gasteiger partial charge in [0, 0.05) is 9.79 Å². The Morgan fingerprint density at radius 1 is 1.07 bits per heavy atom. The lowest BCUT2D eigenvalue weighted by molar-refractivity contribution is -0.130. The summed E-state index contributed by atoms with van der Waals surface area (Å²) in [6.07, 6.45) is 2.13. The Balaban J connectivity index is 1.83. The Labute approximate surface area is 175 Å². The number of methoxy groups -OCH3 is 1. The molecule has 0 aliphatic heterocycles. The molecule has 5 heteroatoms. The fourth-order valence-electron chi connectivity index (χ4n) is 3.11. The van der Waals surface area contributed by atoms with Crippen molar-refractivity contribution >= 4 is 17.7 Å². The van der Waals surface area contributed by atoms with Gasteiger partial charge in [0.2, 0.25) is 0 Å². The average molecular weight is 406 g/mol. The predicted molar refractivity (Wildman–Crippen MR) is 116 cm³/mol. The van der Waals surface area contributed by atoms with Gasteiger partial charge in [-0.3, -0.25) is 10.0 Å². The maximum atomic E-state index is 12.1. The lowest BCUT2D eigenvalue weighted by atomic mass is 9.95. The molecule has 0 aliphatic carbocycles. The number of hydroxylamine groups is 1. The lowest BCUT2D eigenvalue weighted by Gasteiger charge is -2.17. The molecule has 3 aromatic rings. The maximum Gasteiger partial charge on any atom is 0.251 e. The van der Waals surface area contributed by atoms with Crippen molar-refractivity contribution in [1.82, 2.24) is 5.48 Å². The van der Waals surface area contributed by atoms with E-state index in [0.29, 0.717) is 6.42 Å². The van der Waals surface area contributed by atoms with Crippen LogP contribution in [0.25, 0.3) is 11.1 Å². The van der Waals surface area contributed by atoms with Crippen LogP contribution in [0.1, 0.15) is 17.9 Å². The van der Waals surface area contributed by atoms with E-state index < -0.39 is 11.8 Å². The first-order valence-electron chi connectivity index (χ1n) is 9.22. The van der Waals surface area contributed by atoms with E-state index in [1.54, 1.807) is 30.4 Å². The molecule has 1 unspecified atom stereocenters. The molecule has 0 aromatic heterocycles. The van der Waals surface area contributed by atoms with E-state index in [-0.39, 0.29) is 0 Å². The SMILES string of the molecule is C=CCC(C(=O)NO)c1ccccc1Sc1ccc(-c2ccc(OC)cc2)cc1. The number of hydrogen-bond acceptors (Lipinski definition) is 4. The van der Waals surface area contributed by atoms with E-state index in [0.717, 1.165) is 32.2 Å². The third-order valence-electron chi connectivity index (χ3n) is 4.63. The Hall–Kier alpha value is -3.02. The third-order valence-corrected chi connectivity index (χ3v) is 5.73. The van der Waals surface area contributed by atoms with Crippen molar-refractivity contribution in [2.24, 2.45) is 0 Å². The second-order valence-electron chi connectivity index (χ2n) is 6.45. The van der Waals surface area contributed by atoms with Crippen LogP contribution in [0.3, 0.4) is 0 Å². The highest BCUT2D eigenvalue weighted by molar-refractivity contribution is 7.99. The molecule has 1 amide bonds. The first-order chi connectivity index (χ1) is 14.2. The van der Waals surface area contributed by atoms with Crippen molar-refractivity contribution < 1.29 is 14.7 Å². The van der Waals surface area contributed by atoms with Crippen molar-refractivity contribution in [2.75, 3.05) is 7.11 Å². The summed E-state index contributed by atoms with van der Waals surface area (Å²) in [6.45, 7) is 3.73. The molecule has 3 rings (SSSR count). The third kappa shape index (κ3) is 5.08. The van der Waals surface area contributed by atoms with Gasteiger partial charge in [0.1, 0.15) is 5.75 Å². The number of carbonyl (C=O) groups excluding carboxylic acids is 1. The molecule has 0 saturated heterocycles. The molecule has 2 N–H and O–H groups in total. The van der Waals surface area contributed by atoms with Crippen LogP contribution in [-0.4, -0.2) is 18.2 Å². The molecule has 0 radical (unpaired) electrons. The Kier molecular flexibility index (Phi) is 7.11. The minimum absolute atomic E-state index is 0.437. The molecule has 1 atom stereocenters. The standard InChI is InChI=1S/C24H23NO3S/c1-3-6-22(24(26)25-27)21-7-4-5-8-23(21)29-20-15-11-18(12-16-20)17-9-13-19(28-2)14-10-17/h3-5,7-16,22,27H,1,6H2,2H3,(H,25,26). The quantitative estimate of drug-likeness (QED) is 0.288. The summed E-state index contributed by atoms with van der Waals surface area (Å²) in [6, 6.07) is 24.0. The van der Waals surface area contributed by atoms with Gasteiger partial charge < -0.3 is 4.74 Å². The summed E-state index contributed by atoms with van der Waals surface area (Å²) in [5, 5.41) is 9.10. The van der Waals surface area contributed by atoms with Crippen molar-refractivity contribution in [3.63, 3.8) is 0 Å². The Morgan fingerprint density at radius 3 is 2.28 bits per heavy atom. The summed E-state index contributed by atoms with van der Waals surface area (Å²) >= 11 is 1.59. The van der Waals surface area contributed by atoms with E-state index in [1.165, 1.54) is 0 Å². The summed E-state index contributed by atoms with van der Waals surface area (Å²) in [7, 11) is 1.66. The summed E-state index contributed by atoms with van der Waals surface area (Å²) < 4.78 is 5.21. The summed E-state index contributed by atoms with van der Waals surface area (Å²) in [5.41, 5.74) is 4.87. The van der Waals surface area contributed by atoms with Crippen molar-refractivity contribution in [3.8, 4) is 16.9 Å². The Morgan fingerprint density at radius 2 is 1.69 bits per heavy atom. The zero-order valence-electron chi connectivity index (χ0n) is 16.2. The van der Waals surface area contributed by atoms with Crippen LogP contribution in [-0.2, 0) is 4.79 Å². The molecule has 0 heterocycles. The number of ether oxygens (including phenoxy) is 1. The monoisotopic (exact) mass is 405 g/mol. The van der Waals surface area contributed by atoms with Gasteiger partial charge in [0.05, 0.1) is 13.0 Å². The molecule has 0 bridgehead atoms. The van der Waals surface area contributed by atoms with Gasteiger partial charge in [-0.25, -0.2) is 5.48 Å². The second-order valence-corrected chi connectivity index (χ2v) is 7.56. The first kappa shape index (κ1) is 20.7. The fourth-order valence-corrected chi connectivity index (χ4v) is 4.11. The summed E-state index contributed by atoms with van der Waals surface area (Å²) in [4.78, 5) is 14.2.